The molecule has 6 rings (SSSR count). The first-order chi connectivity index (χ1) is 37.5. The van der Waals surface area contributed by atoms with Crippen LogP contribution in [-0.2, 0) is 56.7 Å². The third kappa shape index (κ3) is 19.5. The SMILES string of the molecule is CNC(=O)CCCCCCC(=O)COc1ccc2c(c1)CC/C(=C\c1cc(C(F)(F)F)cc(C(F)(F)F)c1)C2=O.O=C(CCCCCCC(=O)NO)COc1ccc2c(c1)CC/C(=C\c1cc(C(F)(F)F)cc(C(F)(F)F)c1)C2=O. The Morgan fingerprint density at radius 1 is 0.475 bits per heavy atom. The van der Waals surface area contributed by atoms with E-state index in [1.165, 1.54) is 24.3 Å². The second-order valence-electron chi connectivity index (χ2n) is 19.0. The van der Waals surface area contributed by atoms with Gasteiger partial charge in [-0.15, -0.1) is 0 Å². The van der Waals surface area contributed by atoms with Gasteiger partial charge in [0.25, 0.3) is 0 Å². The highest BCUT2D eigenvalue weighted by atomic mass is 19.4. The highest BCUT2D eigenvalue weighted by molar-refractivity contribution is 6.14. The standard InChI is InChI=1S/C29H29F6NO4.C28H27F6NO5/c1-36-26(38)7-5-3-2-4-6-23(37)17-40-24-10-11-25-19(15-24)8-9-20(27(25)39)12-18-13-21(28(30,31)32)16-22(14-18)29(33,34)35;29-27(30,31)20-12-17(13-21(15-20)28(32,33)34)11-19-8-7-18-14-23(9-10-24(18)26(19)38)40-16-22(36)5-3-1-2-4-6-25(37)35-39/h10-16H,2-9,17H2,1H3,(H,36,38);9-15,39H,1-8,16H2,(H,35,37)/b20-12+;19-11+. The van der Waals surface area contributed by atoms with E-state index in [2.05, 4.69) is 5.32 Å². The Morgan fingerprint density at radius 2 is 0.812 bits per heavy atom. The van der Waals surface area contributed by atoms with Crippen molar-refractivity contribution in [3.63, 3.8) is 0 Å². The van der Waals surface area contributed by atoms with Gasteiger partial charge in [-0.3, -0.25) is 34.0 Å². The van der Waals surface area contributed by atoms with Crippen LogP contribution in [0.25, 0.3) is 12.2 Å². The summed E-state index contributed by atoms with van der Waals surface area (Å²) in [4.78, 5) is 72.3. The van der Waals surface area contributed by atoms with Crippen molar-refractivity contribution < 1.29 is 96.1 Å². The number of carbonyl (C=O) groups is 6. The van der Waals surface area contributed by atoms with Gasteiger partial charge in [-0.05, 0) is 159 Å². The Hall–Kier alpha value is -7.30. The fourth-order valence-corrected chi connectivity index (χ4v) is 8.67. The van der Waals surface area contributed by atoms with Gasteiger partial charge < -0.3 is 14.8 Å². The van der Waals surface area contributed by atoms with Crippen molar-refractivity contribution in [1.29, 1.82) is 0 Å². The minimum atomic E-state index is -4.99. The zero-order valence-corrected chi connectivity index (χ0v) is 43.1. The predicted molar refractivity (Wildman–Crippen MR) is 267 cm³/mol. The molecule has 0 unspecified atom stereocenters. The van der Waals surface area contributed by atoms with Crippen molar-refractivity contribution in [3.8, 4) is 11.5 Å². The summed E-state index contributed by atoms with van der Waals surface area (Å²) in [6.45, 7) is -0.324. The number of rotatable bonds is 22. The molecule has 0 fully saturated rings. The molecule has 2 aliphatic rings. The summed E-state index contributed by atoms with van der Waals surface area (Å²) in [5.41, 5.74) is -3.07. The number of carbonyl (C=O) groups excluding carboxylic acids is 6. The molecule has 11 nitrogen and oxygen atoms in total. The van der Waals surface area contributed by atoms with Crippen molar-refractivity contribution in [2.45, 2.75) is 127 Å². The van der Waals surface area contributed by atoms with E-state index in [0.29, 0.717) is 91.8 Å². The second-order valence-corrected chi connectivity index (χ2v) is 19.0. The summed E-state index contributed by atoms with van der Waals surface area (Å²) in [6.07, 6.45) is -9.93. The van der Waals surface area contributed by atoms with Gasteiger partial charge in [-0.2, -0.15) is 52.7 Å². The summed E-state index contributed by atoms with van der Waals surface area (Å²) in [5.74, 6) is -0.966. The van der Waals surface area contributed by atoms with E-state index in [-0.39, 0.29) is 102 Å². The van der Waals surface area contributed by atoms with Crippen LogP contribution in [0.1, 0.15) is 155 Å². The van der Waals surface area contributed by atoms with Crippen LogP contribution in [0.15, 0.2) is 83.9 Å². The summed E-state index contributed by atoms with van der Waals surface area (Å²) in [7, 11) is 1.58. The smallest absolute Gasteiger partial charge is 0.416 e. The molecule has 4 aromatic rings. The van der Waals surface area contributed by atoms with Gasteiger partial charge in [-0.25, -0.2) is 5.48 Å². The van der Waals surface area contributed by atoms with Crippen LogP contribution in [0.5, 0.6) is 11.5 Å². The van der Waals surface area contributed by atoms with Crippen LogP contribution in [0, 0.1) is 0 Å². The highest BCUT2D eigenvalue weighted by Crippen LogP contribution is 2.40. The molecule has 0 radical (unpaired) electrons. The Bertz CT molecular complexity index is 2700. The fraction of sp³-hybridized carbons (Fsp3) is 0.404. The minimum absolute atomic E-state index is 0.0151. The lowest BCUT2D eigenvalue weighted by Crippen LogP contribution is -2.17. The average molecular weight is 1140 g/mol. The first-order valence-corrected chi connectivity index (χ1v) is 25.3. The Balaban J connectivity index is 0.000000294. The number of hydrogen-bond donors (Lipinski definition) is 3. The number of hydrogen-bond acceptors (Lipinski definition) is 9. The normalized spacial score (nSPS) is 14.7. The molecular weight excluding hydrogens is 1080 g/mol. The van der Waals surface area contributed by atoms with E-state index in [1.54, 1.807) is 24.7 Å². The molecule has 0 saturated carbocycles. The lowest BCUT2D eigenvalue weighted by Gasteiger charge is -2.19. The number of Topliss-reactive ketones (excluding diaryl/α,β-unsaturated/α-hetero) is 4. The van der Waals surface area contributed by atoms with Crippen LogP contribution < -0.4 is 20.3 Å². The number of ketones is 4. The number of halogens is 12. The van der Waals surface area contributed by atoms with E-state index < -0.39 is 64.4 Å². The number of alkyl halides is 12. The molecule has 2 aliphatic carbocycles. The molecule has 4 aromatic carbocycles. The molecule has 3 N–H and O–H groups in total. The molecule has 0 aliphatic heterocycles. The molecule has 0 saturated heterocycles. The molecule has 432 valence electrons. The van der Waals surface area contributed by atoms with Gasteiger partial charge in [0.2, 0.25) is 11.8 Å². The van der Waals surface area contributed by atoms with Gasteiger partial charge in [0.1, 0.15) is 24.7 Å². The minimum Gasteiger partial charge on any atom is -0.486 e. The zero-order chi connectivity index (χ0) is 59.0. The molecule has 0 bridgehead atoms. The lowest BCUT2D eigenvalue weighted by molar-refractivity contribution is -0.144. The first-order valence-electron chi connectivity index (χ1n) is 25.3. The Morgan fingerprint density at radius 3 is 1.14 bits per heavy atom. The fourth-order valence-electron chi connectivity index (χ4n) is 8.67. The van der Waals surface area contributed by atoms with Crippen LogP contribution in [0.2, 0.25) is 0 Å². The van der Waals surface area contributed by atoms with Gasteiger partial charge in [0, 0.05) is 55.0 Å². The number of allylic oxidation sites excluding steroid dienone is 2. The largest absolute Gasteiger partial charge is 0.486 e. The van der Waals surface area contributed by atoms with Gasteiger partial charge in [0.15, 0.2) is 23.1 Å². The van der Waals surface area contributed by atoms with Crippen LogP contribution in [-0.4, -0.2) is 60.4 Å². The quantitative estimate of drug-likeness (QED) is 0.0228. The maximum absolute atomic E-state index is 13.2. The van der Waals surface area contributed by atoms with Crippen molar-refractivity contribution in [2.75, 3.05) is 20.3 Å². The van der Waals surface area contributed by atoms with Crippen molar-refractivity contribution in [2.24, 2.45) is 0 Å². The number of fused-ring (bicyclic) bond motifs is 2. The molecule has 23 heteroatoms. The second kappa shape index (κ2) is 28.2. The van der Waals surface area contributed by atoms with E-state index in [0.717, 1.165) is 44.3 Å². The third-order valence-corrected chi connectivity index (χ3v) is 12.9. The number of benzene rings is 4. The van der Waals surface area contributed by atoms with E-state index >= 15 is 0 Å². The summed E-state index contributed by atoms with van der Waals surface area (Å²) in [6, 6.07) is 11.5. The molecular formula is C57H56F12N2O9. The highest BCUT2D eigenvalue weighted by Gasteiger charge is 2.38. The number of hydroxylamine groups is 1. The number of unbranched alkanes of at least 4 members (excludes halogenated alkanes) is 6. The van der Waals surface area contributed by atoms with E-state index in [4.69, 9.17) is 14.7 Å². The molecule has 0 aromatic heterocycles. The summed E-state index contributed by atoms with van der Waals surface area (Å²) in [5, 5.41) is 11.0. The van der Waals surface area contributed by atoms with E-state index in [9.17, 15) is 81.5 Å². The molecule has 0 spiro atoms. The lowest BCUT2D eigenvalue weighted by atomic mass is 9.85. The zero-order valence-electron chi connectivity index (χ0n) is 43.1. The summed E-state index contributed by atoms with van der Waals surface area (Å²) >= 11 is 0. The molecule has 2 amide bonds. The van der Waals surface area contributed by atoms with E-state index in [1.807, 2.05) is 0 Å². The monoisotopic (exact) mass is 1140 g/mol. The number of ether oxygens (including phenoxy) is 2. The first kappa shape index (κ1) is 63.5. The maximum atomic E-state index is 13.2. The number of aryl methyl sites for hydroxylation is 2. The number of amides is 2. The van der Waals surface area contributed by atoms with Crippen LogP contribution in [0.3, 0.4) is 0 Å². The maximum Gasteiger partial charge on any atom is 0.416 e. The third-order valence-electron chi connectivity index (χ3n) is 12.9. The molecule has 80 heavy (non-hydrogen) atoms. The average Bonchev–Trinajstić information content (AvgIpc) is 3.46. The topological polar surface area (TPSA) is 165 Å². The van der Waals surface area contributed by atoms with Gasteiger partial charge >= 0.3 is 24.7 Å². The summed E-state index contributed by atoms with van der Waals surface area (Å²) < 4.78 is 169. The Labute approximate surface area is 451 Å². The van der Waals surface area contributed by atoms with Crippen LogP contribution in [0.4, 0.5) is 52.7 Å². The van der Waals surface area contributed by atoms with Gasteiger partial charge in [-0.1, -0.05) is 25.7 Å². The molecule has 0 atom stereocenters. The Kier molecular flexibility index (Phi) is 22.4. The predicted octanol–water partition coefficient (Wildman–Crippen LogP) is 13.7. The van der Waals surface area contributed by atoms with Crippen LogP contribution >= 0.6 is 0 Å². The molecule has 0 heterocycles. The van der Waals surface area contributed by atoms with Gasteiger partial charge in [0.05, 0.1) is 22.3 Å². The number of nitrogens with one attached hydrogen (secondary N) is 2. The van der Waals surface area contributed by atoms with Crippen molar-refractivity contribution >= 4 is 47.1 Å². The van der Waals surface area contributed by atoms with Crippen molar-refractivity contribution in [1.82, 2.24) is 10.8 Å². The van der Waals surface area contributed by atoms with Crippen molar-refractivity contribution in [3.05, 3.63) is 140 Å².